The van der Waals surface area contributed by atoms with Gasteiger partial charge in [0.15, 0.2) is 0 Å². The van der Waals surface area contributed by atoms with Crippen LogP contribution in [0.3, 0.4) is 0 Å². The molecule has 0 aliphatic carbocycles. The molecular weight excluding hydrogens is 330 g/mol. The van der Waals surface area contributed by atoms with Crippen LogP contribution in [0.25, 0.3) is 11.3 Å². The molecule has 0 fully saturated rings. The summed E-state index contributed by atoms with van der Waals surface area (Å²) in [5.74, 6) is 0.300. The van der Waals surface area contributed by atoms with Gasteiger partial charge in [-0.2, -0.15) is 5.26 Å². The van der Waals surface area contributed by atoms with E-state index in [0.717, 1.165) is 42.1 Å². The molecule has 0 saturated carbocycles. The third-order valence-corrected chi connectivity index (χ3v) is 4.47. The van der Waals surface area contributed by atoms with Crippen LogP contribution >= 0.6 is 0 Å². The Bertz CT molecular complexity index is 910. The third-order valence-electron chi connectivity index (χ3n) is 4.47. The topological polar surface area (TPSA) is 88.9 Å². The van der Waals surface area contributed by atoms with Crippen LogP contribution in [0.15, 0.2) is 47.3 Å². The molecule has 26 heavy (non-hydrogen) atoms. The highest BCUT2D eigenvalue weighted by molar-refractivity contribution is 5.59. The fraction of sp³-hybridized carbons (Fsp3) is 0.316. The SMILES string of the molecule is N#Cc1cccc(CNC[C@H]2COCc3c(-c4ccoc4)nnn3C2)c1. The Hall–Kier alpha value is -2.95. The zero-order valence-corrected chi connectivity index (χ0v) is 14.3. The molecule has 132 valence electrons. The van der Waals surface area contributed by atoms with Gasteiger partial charge in [-0.25, -0.2) is 4.68 Å². The van der Waals surface area contributed by atoms with E-state index in [1.54, 1.807) is 12.5 Å². The number of furan rings is 1. The number of hydrogen-bond donors (Lipinski definition) is 1. The van der Waals surface area contributed by atoms with Gasteiger partial charge in [-0.15, -0.1) is 5.10 Å². The summed E-state index contributed by atoms with van der Waals surface area (Å²) in [6, 6.07) is 11.7. The molecule has 4 rings (SSSR count). The third kappa shape index (κ3) is 3.52. The van der Waals surface area contributed by atoms with Gasteiger partial charge < -0.3 is 14.5 Å². The maximum Gasteiger partial charge on any atom is 0.121 e. The Labute approximate surface area is 151 Å². The quantitative estimate of drug-likeness (QED) is 0.760. The van der Waals surface area contributed by atoms with E-state index in [-0.39, 0.29) is 0 Å². The molecule has 0 unspecified atom stereocenters. The fourth-order valence-electron chi connectivity index (χ4n) is 3.16. The number of fused-ring (bicyclic) bond motifs is 1. The summed E-state index contributed by atoms with van der Waals surface area (Å²) >= 11 is 0. The number of nitrogens with zero attached hydrogens (tertiary/aromatic N) is 4. The van der Waals surface area contributed by atoms with Crippen molar-refractivity contribution in [1.29, 1.82) is 5.26 Å². The van der Waals surface area contributed by atoms with Gasteiger partial charge in [-0.1, -0.05) is 17.3 Å². The second-order valence-electron chi connectivity index (χ2n) is 6.40. The Balaban J connectivity index is 1.38. The normalized spacial score (nSPS) is 16.7. The average molecular weight is 349 g/mol. The number of nitriles is 1. The van der Waals surface area contributed by atoms with Crippen molar-refractivity contribution in [2.45, 2.75) is 19.7 Å². The van der Waals surface area contributed by atoms with Crippen molar-refractivity contribution in [3.05, 3.63) is 59.7 Å². The number of hydrogen-bond acceptors (Lipinski definition) is 6. The van der Waals surface area contributed by atoms with Gasteiger partial charge in [0.25, 0.3) is 0 Å². The standard InChI is InChI=1S/C19H19N5O2/c20-7-14-2-1-3-15(6-14)8-21-9-16-10-24-18(13-26-11-16)19(22-23-24)17-4-5-25-12-17/h1-6,12,16,21H,8-11,13H2/t16-/m1/s1. The highest BCUT2D eigenvalue weighted by Crippen LogP contribution is 2.24. The minimum absolute atomic E-state index is 0.300. The van der Waals surface area contributed by atoms with E-state index >= 15 is 0 Å². The maximum atomic E-state index is 8.98. The maximum absolute atomic E-state index is 8.98. The first-order chi connectivity index (χ1) is 12.8. The molecule has 1 atom stereocenters. The Morgan fingerprint density at radius 2 is 2.31 bits per heavy atom. The van der Waals surface area contributed by atoms with Crippen LogP contribution in [0.5, 0.6) is 0 Å². The molecule has 1 N–H and O–H groups in total. The second-order valence-corrected chi connectivity index (χ2v) is 6.40. The van der Waals surface area contributed by atoms with E-state index in [9.17, 15) is 0 Å². The lowest BCUT2D eigenvalue weighted by molar-refractivity contribution is 0.0941. The number of nitrogens with one attached hydrogen (secondary N) is 1. The summed E-state index contributed by atoms with van der Waals surface area (Å²) in [4.78, 5) is 0. The largest absolute Gasteiger partial charge is 0.472 e. The summed E-state index contributed by atoms with van der Waals surface area (Å²) in [5.41, 5.74) is 4.50. The molecule has 1 aromatic carbocycles. The molecule has 7 heteroatoms. The number of benzene rings is 1. The molecule has 7 nitrogen and oxygen atoms in total. The van der Waals surface area contributed by atoms with Gasteiger partial charge in [0, 0.05) is 31.1 Å². The molecule has 0 amide bonds. The van der Waals surface area contributed by atoms with Crippen molar-refractivity contribution < 1.29 is 9.15 Å². The van der Waals surface area contributed by atoms with Crippen LogP contribution in [0.1, 0.15) is 16.8 Å². The first-order valence-corrected chi connectivity index (χ1v) is 8.56. The van der Waals surface area contributed by atoms with Crippen LogP contribution in [-0.4, -0.2) is 28.1 Å². The first kappa shape index (κ1) is 16.5. The van der Waals surface area contributed by atoms with E-state index in [2.05, 4.69) is 21.7 Å². The summed E-state index contributed by atoms with van der Waals surface area (Å²) in [6.45, 7) is 3.44. The number of aromatic nitrogens is 3. The highest BCUT2D eigenvalue weighted by Gasteiger charge is 2.22. The van der Waals surface area contributed by atoms with Crippen LogP contribution in [0, 0.1) is 17.2 Å². The zero-order chi connectivity index (χ0) is 17.8. The van der Waals surface area contributed by atoms with Gasteiger partial charge in [0.2, 0.25) is 0 Å². The van der Waals surface area contributed by atoms with E-state index in [0.29, 0.717) is 24.7 Å². The van der Waals surface area contributed by atoms with Crippen LogP contribution < -0.4 is 5.32 Å². The average Bonchev–Trinajstić information content (AvgIpc) is 3.28. The Kier molecular flexibility index (Phi) is 4.78. The molecule has 3 heterocycles. The van der Waals surface area contributed by atoms with E-state index in [1.807, 2.05) is 35.0 Å². The molecular formula is C19H19N5O2. The summed E-state index contributed by atoms with van der Waals surface area (Å²) in [6.07, 6.45) is 3.30. The zero-order valence-electron chi connectivity index (χ0n) is 14.3. The monoisotopic (exact) mass is 349 g/mol. The lowest BCUT2D eigenvalue weighted by atomic mass is 10.1. The first-order valence-electron chi connectivity index (χ1n) is 8.56. The fourth-order valence-corrected chi connectivity index (χ4v) is 3.16. The molecule has 3 aromatic rings. The molecule has 0 radical (unpaired) electrons. The van der Waals surface area contributed by atoms with Crippen molar-refractivity contribution in [2.75, 3.05) is 13.2 Å². The Morgan fingerprint density at radius 1 is 1.35 bits per heavy atom. The van der Waals surface area contributed by atoms with Gasteiger partial charge in [0.1, 0.15) is 5.69 Å². The predicted molar refractivity (Wildman–Crippen MR) is 93.7 cm³/mol. The minimum atomic E-state index is 0.300. The Morgan fingerprint density at radius 3 is 3.15 bits per heavy atom. The number of rotatable bonds is 5. The molecule has 2 aromatic heterocycles. The van der Waals surface area contributed by atoms with Crippen molar-refractivity contribution in [3.63, 3.8) is 0 Å². The summed E-state index contributed by atoms with van der Waals surface area (Å²) in [5, 5.41) is 21.0. The molecule has 0 spiro atoms. The van der Waals surface area contributed by atoms with Crippen molar-refractivity contribution >= 4 is 0 Å². The summed E-state index contributed by atoms with van der Waals surface area (Å²) < 4.78 is 12.9. The van der Waals surface area contributed by atoms with Crippen molar-refractivity contribution in [1.82, 2.24) is 20.3 Å². The van der Waals surface area contributed by atoms with E-state index < -0.39 is 0 Å². The lowest BCUT2D eigenvalue weighted by Crippen LogP contribution is -2.28. The smallest absolute Gasteiger partial charge is 0.121 e. The van der Waals surface area contributed by atoms with Gasteiger partial charge in [-0.3, -0.25) is 0 Å². The second kappa shape index (κ2) is 7.52. The molecule has 1 aliphatic rings. The molecule has 0 bridgehead atoms. The number of ether oxygens (including phenoxy) is 1. The van der Waals surface area contributed by atoms with Crippen LogP contribution in [0.2, 0.25) is 0 Å². The molecule has 0 saturated heterocycles. The van der Waals surface area contributed by atoms with E-state index in [1.165, 1.54) is 0 Å². The van der Waals surface area contributed by atoms with Gasteiger partial charge >= 0.3 is 0 Å². The highest BCUT2D eigenvalue weighted by atomic mass is 16.5. The predicted octanol–water partition coefficient (Wildman–Crippen LogP) is 2.35. The van der Waals surface area contributed by atoms with Crippen molar-refractivity contribution in [2.24, 2.45) is 5.92 Å². The summed E-state index contributed by atoms with van der Waals surface area (Å²) in [7, 11) is 0. The van der Waals surface area contributed by atoms with Crippen LogP contribution in [0.4, 0.5) is 0 Å². The molecule has 1 aliphatic heterocycles. The van der Waals surface area contributed by atoms with Gasteiger partial charge in [-0.05, 0) is 23.8 Å². The van der Waals surface area contributed by atoms with Gasteiger partial charge in [0.05, 0.1) is 43.1 Å². The lowest BCUT2D eigenvalue weighted by Gasteiger charge is -2.15. The van der Waals surface area contributed by atoms with E-state index in [4.69, 9.17) is 14.4 Å². The van der Waals surface area contributed by atoms with Crippen molar-refractivity contribution in [3.8, 4) is 17.3 Å². The van der Waals surface area contributed by atoms with Crippen LogP contribution in [-0.2, 0) is 24.4 Å². The minimum Gasteiger partial charge on any atom is -0.472 e.